The summed E-state index contributed by atoms with van der Waals surface area (Å²) in [5, 5.41) is 2.06. The van der Waals surface area contributed by atoms with E-state index in [4.69, 9.17) is 0 Å². The largest absolute Gasteiger partial charge is 0.258 e. The van der Waals surface area contributed by atoms with Gasteiger partial charge in [-0.15, -0.1) is 0 Å². The van der Waals surface area contributed by atoms with Gasteiger partial charge < -0.3 is 0 Å². The van der Waals surface area contributed by atoms with Gasteiger partial charge in [0.1, 0.15) is 0 Å². The van der Waals surface area contributed by atoms with Crippen molar-refractivity contribution in [2.45, 2.75) is 0 Å². The van der Waals surface area contributed by atoms with Crippen LogP contribution in [0.15, 0.2) is 17.4 Å². The number of halogens is 1. The lowest BCUT2D eigenvalue weighted by molar-refractivity contribution is 0.614. The highest BCUT2D eigenvalue weighted by atomic mass is 32.1. The number of aliphatic imine (C=N–C) groups is 1. The zero-order valence-corrected chi connectivity index (χ0v) is 5.60. The first kappa shape index (κ1) is 6.92. The molecule has 0 saturated heterocycles. The molecule has 0 N–H and O–H groups in total. The SMILES string of the molecule is Fc1cnc(N=C=S)nc1. The number of nitrogens with zero attached hydrogens (tertiary/aromatic N) is 3. The Bertz CT molecular complexity index is 265. The lowest BCUT2D eigenvalue weighted by atomic mass is 10.6. The molecule has 0 aliphatic rings. The second-order valence-electron chi connectivity index (χ2n) is 1.40. The topological polar surface area (TPSA) is 38.1 Å². The number of rotatable bonds is 1. The molecular formula is C5H2FN3S. The summed E-state index contributed by atoms with van der Waals surface area (Å²) < 4.78 is 12.1. The van der Waals surface area contributed by atoms with Crippen LogP contribution in [0.2, 0.25) is 0 Å². The van der Waals surface area contributed by atoms with E-state index in [2.05, 4.69) is 32.3 Å². The van der Waals surface area contributed by atoms with Crippen LogP contribution < -0.4 is 0 Å². The fourth-order valence-electron chi connectivity index (χ4n) is 0.404. The highest BCUT2D eigenvalue weighted by Gasteiger charge is 1.90. The Hall–Kier alpha value is -1.19. The molecule has 1 heterocycles. The van der Waals surface area contributed by atoms with Crippen LogP contribution in [0.1, 0.15) is 0 Å². The molecule has 0 aromatic carbocycles. The fraction of sp³-hybridized carbons (Fsp3) is 0. The first-order chi connectivity index (χ1) is 4.83. The fourth-order valence-corrected chi connectivity index (χ4v) is 0.486. The molecule has 0 aliphatic carbocycles. The maximum absolute atomic E-state index is 12.1. The summed E-state index contributed by atoms with van der Waals surface area (Å²) in [6.07, 6.45) is 2.02. The Morgan fingerprint density at radius 1 is 1.50 bits per heavy atom. The van der Waals surface area contributed by atoms with Crippen molar-refractivity contribution in [2.75, 3.05) is 0 Å². The van der Waals surface area contributed by atoms with Gasteiger partial charge in [0.05, 0.1) is 17.6 Å². The van der Waals surface area contributed by atoms with Gasteiger partial charge in [-0.2, -0.15) is 4.99 Å². The molecule has 10 heavy (non-hydrogen) atoms. The van der Waals surface area contributed by atoms with Crippen LogP contribution >= 0.6 is 12.2 Å². The summed E-state index contributed by atoms with van der Waals surface area (Å²) in [7, 11) is 0. The van der Waals surface area contributed by atoms with Crippen LogP contribution in [0, 0.1) is 5.82 Å². The van der Waals surface area contributed by atoms with E-state index in [-0.39, 0.29) is 5.95 Å². The van der Waals surface area contributed by atoms with Crippen molar-refractivity contribution < 1.29 is 4.39 Å². The molecule has 5 heteroatoms. The Kier molecular flexibility index (Phi) is 2.15. The lowest BCUT2D eigenvalue weighted by Gasteiger charge is -1.85. The van der Waals surface area contributed by atoms with Gasteiger partial charge >= 0.3 is 0 Å². The maximum Gasteiger partial charge on any atom is 0.258 e. The molecular weight excluding hydrogens is 153 g/mol. The molecule has 0 atom stereocenters. The van der Waals surface area contributed by atoms with Crippen LogP contribution in [-0.4, -0.2) is 15.1 Å². The summed E-state index contributed by atoms with van der Waals surface area (Å²) in [5.41, 5.74) is 0. The Labute approximate surface area is 61.7 Å². The standard InChI is InChI=1S/C5H2FN3S/c6-4-1-7-5(8-2-4)9-3-10/h1-2H. The number of aromatic nitrogens is 2. The first-order valence-electron chi connectivity index (χ1n) is 2.38. The van der Waals surface area contributed by atoms with Gasteiger partial charge in [-0.1, -0.05) is 0 Å². The quantitative estimate of drug-likeness (QED) is 0.454. The summed E-state index contributed by atoms with van der Waals surface area (Å²) in [6, 6.07) is 0. The molecule has 50 valence electrons. The van der Waals surface area contributed by atoms with Gasteiger partial charge in [0.2, 0.25) is 0 Å². The van der Waals surface area contributed by atoms with Crippen molar-refractivity contribution in [2.24, 2.45) is 4.99 Å². The molecule has 0 spiro atoms. The molecule has 1 rings (SSSR count). The van der Waals surface area contributed by atoms with Gasteiger partial charge in [-0.3, -0.25) is 0 Å². The van der Waals surface area contributed by atoms with E-state index in [9.17, 15) is 4.39 Å². The number of hydrogen-bond donors (Lipinski definition) is 0. The summed E-state index contributed by atoms with van der Waals surface area (Å²) >= 11 is 4.28. The van der Waals surface area contributed by atoms with Crippen molar-refractivity contribution in [3.63, 3.8) is 0 Å². The predicted molar refractivity (Wildman–Crippen MR) is 36.7 cm³/mol. The van der Waals surface area contributed by atoms with Crippen LogP contribution in [-0.2, 0) is 0 Å². The second kappa shape index (κ2) is 3.10. The summed E-state index contributed by atoms with van der Waals surface area (Å²) in [6.45, 7) is 0. The smallest absolute Gasteiger partial charge is 0.216 e. The normalized spacial score (nSPS) is 8.50. The van der Waals surface area contributed by atoms with Crippen molar-refractivity contribution in [1.29, 1.82) is 0 Å². The van der Waals surface area contributed by atoms with Crippen LogP contribution in [0.3, 0.4) is 0 Å². The van der Waals surface area contributed by atoms with Crippen molar-refractivity contribution in [1.82, 2.24) is 9.97 Å². The van der Waals surface area contributed by atoms with Crippen LogP contribution in [0.5, 0.6) is 0 Å². The zero-order valence-electron chi connectivity index (χ0n) is 4.78. The monoisotopic (exact) mass is 155 g/mol. The molecule has 0 radical (unpaired) electrons. The van der Waals surface area contributed by atoms with Crippen LogP contribution in [0.25, 0.3) is 0 Å². The Morgan fingerprint density at radius 3 is 2.60 bits per heavy atom. The highest BCUT2D eigenvalue weighted by Crippen LogP contribution is 1.99. The molecule has 3 nitrogen and oxygen atoms in total. The van der Waals surface area contributed by atoms with E-state index < -0.39 is 5.82 Å². The highest BCUT2D eigenvalue weighted by molar-refractivity contribution is 7.78. The van der Waals surface area contributed by atoms with Gasteiger partial charge in [0.15, 0.2) is 5.82 Å². The molecule has 0 saturated carbocycles. The number of hydrogen-bond acceptors (Lipinski definition) is 4. The van der Waals surface area contributed by atoms with Gasteiger partial charge in [0.25, 0.3) is 5.95 Å². The Morgan fingerprint density at radius 2 is 2.10 bits per heavy atom. The average molecular weight is 155 g/mol. The van der Waals surface area contributed by atoms with Crippen molar-refractivity contribution >= 4 is 23.3 Å². The minimum atomic E-state index is -0.497. The molecule has 0 bridgehead atoms. The molecule has 1 aromatic rings. The summed E-state index contributed by atoms with van der Waals surface area (Å²) in [4.78, 5) is 10.4. The van der Waals surface area contributed by atoms with E-state index in [1.165, 1.54) is 0 Å². The summed E-state index contributed by atoms with van der Waals surface area (Å²) in [5.74, 6) is -0.375. The van der Waals surface area contributed by atoms with Crippen LogP contribution in [0.4, 0.5) is 10.3 Å². The maximum atomic E-state index is 12.1. The molecule has 0 fully saturated rings. The molecule has 0 aliphatic heterocycles. The average Bonchev–Trinajstić information content (AvgIpc) is 1.95. The van der Waals surface area contributed by atoms with Crippen molar-refractivity contribution in [3.8, 4) is 0 Å². The van der Waals surface area contributed by atoms with E-state index in [1.54, 1.807) is 0 Å². The van der Waals surface area contributed by atoms with E-state index in [1.807, 2.05) is 0 Å². The zero-order chi connectivity index (χ0) is 7.40. The third-order valence-corrected chi connectivity index (χ3v) is 0.844. The minimum Gasteiger partial charge on any atom is -0.216 e. The lowest BCUT2D eigenvalue weighted by Crippen LogP contribution is -1.81. The first-order valence-corrected chi connectivity index (χ1v) is 2.79. The van der Waals surface area contributed by atoms with Gasteiger partial charge in [0, 0.05) is 0 Å². The van der Waals surface area contributed by atoms with E-state index in [0.29, 0.717) is 0 Å². The van der Waals surface area contributed by atoms with Gasteiger partial charge in [-0.05, 0) is 12.2 Å². The third-order valence-electron chi connectivity index (χ3n) is 0.752. The Balaban J connectivity index is 3.00. The number of isothiocyanates is 1. The van der Waals surface area contributed by atoms with E-state index in [0.717, 1.165) is 12.4 Å². The molecule has 1 aromatic heterocycles. The third kappa shape index (κ3) is 1.65. The predicted octanol–water partition coefficient (Wildman–Crippen LogP) is 1.35. The number of thiocarbonyl (C=S) groups is 1. The molecule has 0 amide bonds. The molecule has 0 unspecified atom stereocenters. The van der Waals surface area contributed by atoms with Gasteiger partial charge in [-0.25, -0.2) is 14.4 Å². The van der Waals surface area contributed by atoms with Crippen molar-refractivity contribution in [3.05, 3.63) is 18.2 Å². The minimum absolute atomic E-state index is 0.122. The van der Waals surface area contributed by atoms with E-state index >= 15 is 0 Å². The second-order valence-corrected chi connectivity index (χ2v) is 1.59.